The zero-order valence-electron chi connectivity index (χ0n) is 7.32. The molecule has 1 N–H and O–H groups in total. The van der Waals surface area contributed by atoms with E-state index in [1.807, 2.05) is 5.38 Å². The number of aliphatic carboxylic acids is 1. The summed E-state index contributed by atoms with van der Waals surface area (Å²) in [4.78, 5) is 10.8. The normalized spacial score (nSPS) is 18.5. The molecular formula is C10H12O2S. The minimum Gasteiger partial charge on any atom is -0.481 e. The SMILES string of the molecule is O=C(O)C1(CCc2ccsc2)CC1. The quantitative estimate of drug-likeness (QED) is 0.803. The molecule has 0 unspecified atom stereocenters. The number of rotatable bonds is 4. The van der Waals surface area contributed by atoms with Gasteiger partial charge in [-0.05, 0) is 48.1 Å². The van der Waals surface area contributed by atoms with Gasteiger partial charge in [-0.1, -0.05) is 0 Å². The maximum Gasteiger partial charge on any atom is 0.309 e. The summed E-state index contributed by atoms with van der Waals surface area (Å²) in [5, 5.41) is 13.1. The molecule has 1 aliphatic carbocycles. The van der Waals surface area contributed by atoms with Gasteiger partial charge in [-0.25, -0.2) is 0 Å². The Morgan fingerprint density at radius 1 is 1.62 bits per heavy atom. The Hall–Kier alpha value is -0.830. The Kier molecular flexibility index (Phi) is 2.12. The van der Waals surface area contributed by atoms with Gasteiger partial charge >= 0.3 is 5.97 Å². The van der Waals surface area contributed by atoms with Crippen molar-refractivity contribution < 1.29 is 9.90 Å². The number of hydrogen-bond acceptors (Lipinski definition) is 2. The molecule has 0 aliphatic heterocycles. The third-order valence-corrected chi connectivity index (χ3v) is 3.51. The first-order valence-corrected chi connectivity index (χ1v) is 5.42. The van der Waals surface area contributed by atoms with Gasteiger partial charge in [0.2, 0.25) is 0 Å². The van der Waals surface area contributed by atoms with Gasteiger partial charge in [-0.15, -0.1) is 0 Å². The summed E-state index contributed by atoms with van der Waals surface area (Å²) < 4.78 is 0. The molecule has 0 saturated heterocycles. The minimum atomic E-state index is -0.609. The van der Waals surface area contributed by atoms with Crippen molar-refractivity contribution in [2.24, 2.45) is 5.41 Å². The Morgan fingerprint density at radius 2 is 2.38 bits per heavy atom. The molecule has 1 aliphatic rings. The first kappa shape index (κ1) is 8.75. The smallest absolute Gasteiger partial charge is 0.309 e. The highest BCUT2D eigenvalue weighted by Gasteiger charge is 2.49. The molecule has 1 fully saturated rings. The summed E-state index contributed by atoms with van der Waals surface area (Å²) in [7, 11) is 0. The summed E-state index contributed by atoms with van der Waals surface area (Å²) in [6, 6.07) is 2.07. The molecular weight excluding hydrogens is 184 g/mol. The lowest BCUT2D eigenvalue weighted by Gasteiger charge is -2.07. The van der Waals surface area contributed by atoms with Crippen LogP contribution in [0.3, 0.4) is 0 Å². The zero-order valence-corrected chi connectivity index (χ0v) is 8.14. The van der Waals surface area contributed by atoms with Crippen LogP contribution in [0.5, 0.6) is 0 Å². The van der Waals surface area contributed by atoms with Gasteiger partial charge in [0.25, 0.3) is 0 Å². The van der Waals surface area contributed by atoms with E-state index in [1.54, 1.807) is 11.3 Å². The van der Waals surface area contributed by atoms with Crippen LogP contribution in [0.15, 0.2) is 16.8 Å². The third-order valence-electron chi connectivity index (χ3n) is 2.78. The van der Waals surface area contributed by atoms with Crippen LogP contribution < -0.4 is 0 Å². The van der Waals surface area contributed by atoms with E-state index in [2.05, 4.69) is 11.4 Å². The van der Waals surface area contributed by atoms with Crippen molar-refractivity contribution in [1.82, 2.24) is 0 Å². The largest absolute Gasteiger partial charge is 0.481 e. The molecule has 1 aromatic heterocycles. The van der Waals surface area contributed by atoms with Crippen LogP contribution in [0, 0.1) is 5.41 Å². The second-order valence-corrected chi connectivity index (χ2v) is 4.50. The van der Waals surface area contributed by atoms with Crippen LogP contribution in [0.1, 0.15) is 24.8 Å². The first-order chi connectivity index (χ1) is 6.23. The molecule has 0 spiro atoms. The van der Waals surface area contributed by atoms with Crippen molar-refractivity contribution in [2.75, 3.05) is 0 Å². The molecule has 2 rings (SSSR count). The van der Waals surface area contributed by atoms with E-state index in [9.17, 15) is 4.79 Å². The Labute approximate surface area is 81.2 Å². The molecule has 0 atom stereocenters. The van der Waals surface area contributed by atoms with Crippen LogP contribution in [0.2, 0.25) is 0 Å². The fraction of sp³-hybridized carbons (Fsp3) is 0.500. The van der Waals surface area contributed by atoms with Crippen molar-refractivity contribution in [3.8, 4) is 0 Å². The lowest BCUT2D eigenvalue weighted by Crippen LogP contribution is -2.15. The lowest BCUT2D eigenvalue weighted by molar-refractivity contribution is -0.143. The molecule has 0 radical (unpaired) electrons. The third kappa shape index (κ3) is 1.75. The van der Waals surface area contributed by atoms with E-state index >= 15 is 0 Å². The van der Waals surface area contributed by atoms with E-state index in [0.717, 1.165) is 25.7 Å². The maximum atomic E-state index is 10.8. The second-order valence-electron chi connectivity index (χ2n) is 3.72. The topological polar surface area (TPSA) is 37.3 Å². The molecule has 0 bridgehead atoms. The van der Waals surface area contributed by atoms with E-state index in [-0.39, 0.29) is 5.41 Å². The van der Waals surface area contributed by atoms with Crippen LogP contribution in [-0.4, -0.2) is 11.1 Å². The number of carboxylic acids is 1. The molecule has 2 nitrogen and oxygen atoms in total. The standard InChI is InChI=1S/C10H12O2S/c11-9(12)10(4-5-10)3-1-8-2-6-13-7-8/h2,6-7H,1,3-5H2,(H,11,12). The molecule has 1 aromatic rings. The molecule has 1 heterocycles. The van der Waals surface area contributed by atoms with E-state index in [1.165, 1.54) is 5.56 Å². The number of thiophene rings is 1. The summed E-state index contributed by atoms with van der Waals surface area (Å²) in [5.74, 6) is -0.609. The van der Waals surface area contributed by atoms with Gasteiger partial charge in [-0.2, -0.15) is 11.3 Å². The highest BCUT2D eigenvalue weighted by molar-refractivity contribution is 7.07. The number of aryl methyl sites for hydroxylation is 1. The van der Waals surface area contributed by atoms with Crippen LogP contribution >= 0.6 is 11.3 Å². The number of carboxylic acid groups (broad SMARTS) is 1. The first-order valence-electron chi connectivity index (χ1n) is 4.47. The lowest BCUT2D eigenvalue weighted by atomic mass is 9.98. The van der Waals surface area contributed by atoms with Crippen molar-refractivity contribution >= 4 is 17.3 Å². The van der Waals surface area contributed by atoms with Crippen molar-refractivity contribution in [3.05, 3.63) is 22.4 Å². The summed E-state index contributed by atoms with van der Waals surface area (Å²) in [5.41, 5.74) is 0.916. The average Bonchev–Trinajstić information content (AvgIpc) is 2.73. The highest BCUT2D eigenvalue weighted by atomic mass is 32.1. The van der Waals surface area contributed by atoms with Crippen LogP contribution in [0.25, 0.3) is 0 Å². The van der Waals surface area contributed by atoms with E-state index < -0.39 is 5.97 Å². The summed E-state index contributed by atoms with van der Waals surface area (Å²) >= 11 is 1.67. The average molecular weight is 196 g/mol. The van der Waals surface area contributed by atoms with Crippen LogP contribution in [-0.2, 0) is 11.2 Å². The highest BCUT2D eigenvalue weighted by Crippen LogP contribution is 2.49. The zero-order chi connectivity index (χ0) is 9.31. The van der Waals surface area contributed by atoms with Crippen molar-refractivity contribution in [1.29, 1.82) is 0 Å². The Bertz CT molecular complexity index is 299. The number of hydrogen-bond donors (Lipinski definition) is 1. The van der Waals surface area contributed by atoms with Gasteiger partial charge in [-0.3, -0.25) is 4.79 Å². The van der Waals surface area contributed by atoms with Gasteiger partial charge in [0.15, 0.2) is 0 Å². The van der Waals surface area contributed by atoms with Gasteiger partial charge in [0.05, 0.1) is 5.41 Å². The molecule has 0 amide bonds. The Morgan fingerprint density at radius 3 is 2.85 bits per heavy atom. The van der Waals surface area contributed by atoms with E-state index in [4.69, 9.17) is 5.11 Å². The van der Waals surface area contributed by atoms with E-state index in [0.29, 0.717) is 0 Å². The van der Waals surface area contributed by atoms with Gasteiger partial charge in [0.1, 0.15) is 0 Å². The van der Waals surface area contributed by atoms with Gasteiger partial charge < -0.3 is 5.11 Å². The summed E-state index contributed by atoms with van der Waals surface area (Å²) in [6.07, 6.45) is 3.45. The second kappa shape index (κ2) is 3.14. The molecule has 3 heteroatoms. The Balaban J connectivity index is 1.90. The van der Waals surface area contributed by atoms with Crippen molar-refractivity contribution in [2.45, 2.75) is 25.7 Å². The predicted molar refractivity (Wildman–Crippen MR) is 51.9 cm³/mol. The fourth-order valence-corrected chi connectivity index (χ4v) is 2.24. The summed E-state index contributed by atoms with van der Waals surface area (Å²) in [6.45, 7) is 0. The number of carbonyl (C=O) groups is 1. The molecule has 0 aromatic carbocycles. The fourth-order valence-electron chi connectivity index (χ4n) is 1.54. The van der Waals surface area contributed by atoms with Crippen LogP contribution in [0.4, 0.5) is 0 Å². The molecule has 13 heavy (non-hydrogen) atoms. The maximum absolute atomic E-state index is 10.8. The molecule has 1 saturated carbocycles. The molecule has 70 valence electrons. The minimum absolute atomic E-state index is 0.359. The van der Waals surface area contributed by atoms with Gasteiger partial charge in [0, 0.05) is 0 Å². The monoisotopic (exact) mass is 196 g/mol. The predicted octanol–water partition coefficient (Wildman–Crippen LogP) is 2.55. The van der Waals surface area contributed by atoms with Crippen molar-refractivity contribution in [3.63, 3.8) is 0 Å².